The first-order chi connectivity index (χ1) is 6.52. The summed E-state index contributed by atoms with van der Waals surface area (Å²) in [5.41, 5.74) is 0. The Balaban J connectivity index is 3.70. The number of rotatable bonds is 7. The molecule has 0 aromatic carbocycles. The summed E-state index contributed by atoms with van der Waals surface area (Å²) in [4.78, 5) is 4.85. The molecule has 0 radical (unpaired) electrons. The second kappa shape index (κ2) is 7.10. The van der Waals surface area contributed by atoms with E-state index in [9.17, 15) is 5.11 Å². The molecular formula is C8H19NO5. The molecule has 0 spiro atoms. The summed E-state index contributed by atoms with van der Waals surface area (Å²) in [6.45, 7) is 1.19. The molecule has 0 aliphatic heterocycles. The molecular weight excluding hydrogens is 190 g/mol. The molecule has 86 valence electrons. The van der Waals surface area contributed by atoms with Gasteiger partial charge in [0.15, 0.2) is 0 Å². The third-order valence-electron chi connectivity index (χ3n) is 1.94. The average Bonchev–Trinajstić information content (AvgIpc) is 2.22. The molecule has 3 atom stereocenters. The van der Waals surface area contributed by atoms with Crippen LogP contribution in [0.2, 0.25) is 0 Å². The Labute approximate surface area is 83.6 Å². The highest BCUT2D eigenvalue weighted by molar-refractivity contribution is 4.64. The third kappa shape index (κ3) is 4.85. The number of hydroxylamine groups is 2. The van der Waals surface area contributed by atoms with Crippen LogP contribution in [0.25, 0.3) is 0 Å². The van der Waals surface area contributed by atoms with Crippen LogP contribution in [0.1, 0.15) is 6.92 Å². The first-order valence-corrected chi connectivity index (χ1v) is 4.38. The number of ether oxygens (including phenoxy) is 1. The Morgan fingerprint density at radius 3 is 2.29 bits per heavy atom. The molecule has 0 aromatic heterocycles. The van der Waals surface area contributed by atoms with Crippen molar-refractivity contribution in [2.24, 2.45) is 0 Å². The Kier molecular flexibility index (Phi) is 6.98. The van der Waals surface area contributed by atoms with Crippen molar-refractivity contribution >= 4 is 0 Å². The smallest absolute Gasteiger partial charge is 0.130 e. The maximum atomic E-state index is 9.23. The zero-order valence-electron chi connectivity index (χ0n) is 8.75. The van der Waals surface area contributed by atoms with E-state index in [0.717, 1.165) is 0 Å². The van der Waals surface area contributed by atoms with Crippen LogP contribution in [-0.2, 0) is 9.57 Å². The van der Waals surface area contributed by atoms with Gasteiger partial charge in [0.2, 0.25) is 0 Å². The van der Waals surface area contributed by atoms with E-state index in [1.807, 2.05) is 0 Å². The van der Waals surface area contributed by atoms with Crippen LogP contribution in [0.4, 0.5) is 0 Å². The Hall–Kier alpha value is -0.240. The van der Waals surface area contributed by atoms with Crippen molar-refractivity contribution in [3.05, 3.63) is 0 Å². The molecule has 0 rings (SSSR count). The SMILES string of the molecule is CON(C)[C@H](C)OC[C@H](O)[C@H](O)CO. The highest BCUT2D eigenvalue weighted by Gasteiger charge is 2.17. The van der Waals surface area contributed by atoms with Gasteiger partial charge < -0.3 is 24.9 Å². The van der Waals surface area contributed by atoms with Gasteiger partial charge in [-0.05, 0) is 6.92 Å². The number of hydrogen-bond acceptors (Lipinski definition) is 6. The van der Waals surface area contributed by atoms with Crippen LogP contribution < -0.4 is 0 Å². The van der Waals surface area contributed by atoms with Gasteiger partial charge in [0, 0.05) is 7.05 Å². The van der Waals surface area contributed by atoms with E-state index in [0.29, 0.717) is 0 Å². The zero-order valence-corrected chi connectivity index (χ0v) is 8.75. The summed E-state index contributed by atoms with van der Waals surface area (Å²) in [7, 11) is 3.18. The van der Waals surface area contributed by atoms with Gasteiger partial charge in [0.25, 0.3) is 0 Å². The number of nitrogens with zero attached hydrogens (tertiary/aromatic N) is 1. The summed E-state index contributed by atoms with van der Waals surface area (Å²) >= 11 is 0. The van der Waals surface area contributed by atoms with Crippen LogP contribution in [0.15, 0.2) is 0 Å². The lowest BCUT2D eigenvalue weighted by molar-refractivity contribution is -0.224. The molecule has 0 unspecified atom stereocenters. The van der Waals surface area contributed by atoms with Crippen molar-refractivity contribution in [2.75, 3.05) is 27.4 Å². The fourth-order valence-corrected chi connectivity index (χ4v) is 0.724. The summed E-state index contributed by atoms with van der Waals surface area (Å²) in [6, 6.07) is 0. The second-order valence-corrected chi connectivity index (χ2v) is 2.98. The standard InChI is InChI=1S/C8H19NO5/c1-6(9(2)13-3)14-5-8(12)7(11)4-10/h6-8,10-12H,4-5H2,1-3H3/t6-,7+,8-/m0/s1. The van der Waals surface area contributed by atoms with Crippen molar-refractivity contribution < 1.29 is 24.9 Å². The molecule has 6 heteroatoms. The normalized spacial score (nSPS) is 18.2. The minimum Gasteiger partial charge on any atom is -0.394 e. The monoisotopic (exact) mass is 209 g/mol. The van der Waals surface area contributed by atoms with E-state index in [2.05, 4.69) is 0 Å². The second-order valence-electron chi connectivity index (χ2n) is 2.98. The molecule has 3 N–H and O–H groups in total. The number of aliphatic hydroxyl groups is 3. The van der Waals surface area contributed by atoms with Crippen LogP contribution >= 0.6 is 0 Å². The molecule has 0 saturated carbocycles. The van der Waals surface area contributed by atoms with Gasteiger partial charge in [-0.25, -0.2) is 0 Å². The van der Waals surface area contributed by atoms with Crippen molar-refractivity contribution in [3.63, 3.8) is 0 Å². The Morgan fingerprint density at radius 1 is 1.29 bits per heavy atom. The zero-order chi connectivity index (χ0) is 11.1. The lowest BCUT2D eigenvalue weighted by Gasteiger charge is -2.24. The quantitative estimate of drug-likeness (QED) is 0.352. The summed E-state index contributed by atoms with van der Waals surface area (Å²) < 4.78 is 5.16. The molecule has 0 fully saturated rings. The topological polar surface area (TPSA) is 82.4 Å². The highest BCUT2D eigenvalue weighted by atomic mass is 16.7. The molecule has 0 bridgehead atoms. The van der Waals surface area contributed by atoms with Gasteiger partial charge in [-0.2, -0.15) is 5.06 Å². The van der Waals surface area contributed by atoms with Crippen LogP contribution in [-0.4, -0.2) is 66.2 Å². The predicted octanol–water partition coefficient (Wildman–Crippen LogP) is -1.44. The lowest BCUT2D eigenvalue weighted by atomic mass is 10.2. The van der Waals surface area contributed by atoms with Crippen molar-refractivity contribution in [2.45, 2.75) is 25.4 Å². The van der Waals surface area contributed by atoms with E-state index in [4.69, 9.17) is 19.8 Å². The number of aliphatic hydroxyl groups excluding tert-OH is 3. The fourth-order valence-electron chi connectivity index (χ4n) is 0.724. The highest BCUT2D eigenvalue weighted by Crippen LogP contribution is 2.00. The van der Waals surface area contributed by atoms with Crippen LogP contribution in [0.3, 0.4) is 0 Å². The fraction of sp³-hybridized carbons (Fsp3) is 1.00. The molecule has 0 heterocycles. The van der Waals surface area contributed by atoms with Gasteiger partial charge in [-0.15, -0.1) is 0 Å². The number of hydrogen-bond donors (Lipinski definition) is 3. The van der Waals surface area contributed by atoms with E-state index >= 15 is 0 Å². The lowest BCUT2D eigenvalue weighted by Crippen LogP contribution is -2.38. The average molecular weight is 209 g/mol. The first kappa shape index (κ1) is 13.8. The van der Waals surface area contributed by atoms with E-state index in [1.165, 1.54) is 12.2 Å². The minimum atomic E-state index is -1.17. The molecule has 0 aromatic rings. The maximum absolute atomic E-state index is 9.23. The van der Waals surface area contributed by atoms with Crippen LogP contribution in [0.5, 0.6) is 0 Å². The minimum absolute atomic E-state index is 0.0589. The van der Waals surface area contributed by atoms with E-state index in [-0.39, 0.29) is 12.8 Å². The van der Waals surface area contributed by atoms with Crippen LogP contribution in [0, 0.1) is 0 Å². The molecule has 0 aliphatic carbocycles. The van der Waals surface area contributed by atoms with Gasteiger partial charge in [-0.3, -0.25) is 0 Å². The van der Waals surface area contributed by atoms with Gasteiger partial charge in [0.05, 0.1) is 20.3 Å². The maximum Gasteiger partial charge on any atom is 0.130 e. The van der Waals surface area contributed by atoms with E-state index in [1.54, 1.807) is 14.0 Å². The van der Waals surface area contributed by atoms with Gasteiger partial charge in [0.1, 0.15) is 18.4 Å². The summed E-state index contributed by atoms with van der Waals surface area (Å²) in [5.74, 6) is 0. The van der Waals surface area contributed by atoms with Gasteiger partial charge in [-0.1, -0.05) is 0 Å². The summed E-state index contributed by atoms with van der Waals surface area (Å²) in [6.07, 6.45) is -2.59. The molecule has 14 heavy (non-hydrogen) atoms. The molecule has 0 aliphatic rings. The Bertz CT molecular complexity index is 130. The summed E-state index contributed by atoms with van der Waals surface area (Å²) in [5, 5.41) is 28.2. The van der Waals surface area contributed by atoms with Crippen molar-refractivity contribution in [3.8, 4) is 0 Å². The van der Waals surface area contributed by atoms with Gasteiger partial charge >= 0.3 is 0 Å². The third-order valence-corrected chi connectivity index (χ3v) is 1.94. The van der Waals surface area contributed by atoms with Crippen molar-refractivity contribution in [1.29, 1.82) is 0 Å². The largest absolute Gasteiger partial charge is 0.394 e. The van der Waals surface area contributed by atoms with Crippen molar-refractivity contribution in [1.82, 2.24) is 5.06 Å². The predicted molar refractivity (Wildman–Crippen MR) is 49.3 cm³/mol. The molecule has 0 amide bonds. The Morgan fingerprint density at radius 2 is 1.86 bits per heavy atom. The van der Waals surface area contributed by atoms with E-state index < -0.39 is 18.8 Å². The first-order valence-electron chi connectivity index (χ1n) is 4.38. The molecule has 6 nitrogen and oxygen atoms in total. The molecule has 0 saturated heterocycles.